The first kappa shape index (κ1) is 103. The molecule has 0 saturated carbocycles. The fraction of sp³-hybridized carbons (Fsp3) is 0.461. The van der Waals surface area contributed by atoms with Crippen molar-refractivity contribution in [3.05, 3.63) is 162 Å². The molecule has 0 radical (unpaired) electrons. The predicted octanol–water partition coefficient (Wildman–Crippen LogP) is 6.74. The summed E-state index contributed by atoms with van der Waals surface area (Å²) in [6.45, 7) is 60.1. The second kappa shape index (κ2) is 57.1. The van der Waals surface area contributed by atoms with E-state index in [0.717, 1.165) is 36.5 Å². The molecule has 0 aromatic heterocycles. The normalized spacial score (nSPS) is 10.0. The summed E-state index contributed by atoms with van der Waals surface area (Å²) in [5.74, 6) is -6.96. The van der Waals surface area contributed by atoms with Gasteiger partial charge in [-0.3, -0.25) is 33.6 Å². The zero-order valence-corrected chi connectivity index (χ0v) is 64.3. The molecule has 0 saturated heterocycles. The molecule has 0 rings (SSSR count). The Kier molecular flexibility index (Phi) is 55.7. The Labute approximate surface area is 624 Å². The van der Waals surface area contributed by atoms with E-state index in [4.69, 9.17) is 47.4 Å². The van der Waals surface area contributed by atoms with Gasteiger partial charge in [0, 0.05) is 118 Å². The SMILES string of the molecule is C=CC(=O)N(C)C(COC(=O)C(=C)C)COC(=O)C(=C)C.C=CC(=O)N(C)C(COC(=O)CCCOC(=O)C(=C)C)COC(=O)CCCOC(=O)C(=C)C.C=CC(=O)N(C)CC(C)(C)COC(=O)C(=C)C.C=CC(=O)OCC(C)(C)CN(C)C(=O)C=C.C=CC(=O)OCC(COC(=O)C=C)N(C)C(=O)C=C. The highest BCUT2D eigenvalue weighted by molar-refractivity contribution is 5.91. The summed E-state index contributed by atoms with van der Waals surface area (Å²) in [6.07, 6.45) is 9.47. The highest BCUT2D eigenvalue weighted by Gasteiger charge is 2.28. The minimum atomic E-state index is -0.731. The molecule has 0 aromatic rings. The summed E-state index contributed by atoms with van der Waals surface area (Å²) >= 11 is 0. The van der Waals surface area contributed by atoms with Gasteiger partial charge in [-0.2, -0.15) is 0 Å². The van der Waals surface area contributed by atoms with Crippen molar-refractivity contribution in [1.82, 2.24) is 24.5 Å². The minimum Gasteiger partial charge on any atom is -0.463 e. The summed E-state index contributed by atoms with van der Waals surface area (Å²) in [7, 11) is 7.81. The summed E-state index contributed by atoms with van der Waals surface area (Å²) < 4.78 is 49.8. The Morgan fingerprint density at radius 1 is 0.311 bits per heavy atom. The third-order valence-corrected chi connectivity index (χ3v) is 13.1. The number of amides is 5. The molecule has 0 aliphatic rings. The highest BCUT2D eigenvalue weighted by atomic mass is 16.6. The zero-order valence-electron chi connectivity index (χ0n) is 64.3. The van der Waals surface area contributed by atoms with Crippen molar-refractivity contribution in [1.29, 1.82) is 0 Å². The van der Waals surface area contributed by atoms with Gasteiger partial charge >= 0.3 is 59.7 Å². The van der Waals surface area contributed by atoms with Gasteiger partial charge in [0.15, 0.2) is 0 Å². The number of carbonyl (C=O) groups excluding carboxylic acids is 15. The van der Waals surface area contributed by atoms with Crippen LogP contribution in [0, 0.1) is 10.8 Å². The van der Waals surface area contributed by atoms with Crippen LogP contribution in [-0.2, 0) is 119 Å². The fourth-order valence-corrected chi connectivity index (χ4v) is 6.94. The van der Waals surface area contributed by atoms with Crippen LogP contribution in [0.1, 0.15) is 88.0 Å². The lowest BCUT2D eigenvalue weighted by atomic mass is 9.94. The van der Waals surface area contributed by atoms with Crippen LogP contribution in [-0.4, -0.2) is 246 Å². The van der Waals surface area contributed by atoms with Crippen LogP contribution in [0.3, 0.4) is 0 Å². The van der Waals surface area contributed by atoms with Crippen molar-refractivity contribution in [2.75, 3.05) is 114 Å². The number of ether oxygens (including phenoxy) is 10. The van der Waals surface area contributed by atoms with E-state index < -0.39 is 83.7 Å². The molecule has 30 nitrogen and oxygen atoms in total. The Bertz CT molecular complexity index is 3070. The molecule has 590 valence electrons. The molecule has 0 N–H and O–H groups in total. The van der Waals surface area contributed by atoms with E-state index in [1.54, 1.807) is 25.9 Å². The predicted molar refractivity (Wildman–Crippen MR) is 396 cm³/mol. The maximum absolute atomic E-state index is 11.9. The molecule has 0 aliphatic carbocycles. The highest BCUT2D eigenvalue weighted by Crippen LogP contribution is 2.19. The van der Waals surface area contributed by atoms with Crippen molar-refractivity contribution in [3.63, 3.8) is 0 Å². The minimum absolute atomic E-state index is 0.00198. The smallest absolute Gasteiger partial charge is 0.333 e. The molecule has 0 spiro atoms. The van der Waals surface area contributed by atoms with Gasteiger partial charge in [0.05, 0.1) is 44.6 Å². The molecule has 5 amide bonds. The third kappa shape index (κ3) is 51.8. The number of carbonyl (C=O) groups is 15. The van der Waals surface area contributed by atoms with Crippen LogP contribution in [0.5, 0.6) is 0 Å². The molecule has 0 unspecified atom stereocenters. The largest absolute Gasteiger partial charge is 0.463 e. The van der Waals surface area contributed by atoms with E-state index in [1.165, 1.54) is 80.6 Å². The lowest BCUT2D eigenvalue weighted by molar-refractivity contribution is -0.153. The maximum atomic E-state index is 11.9. The van der Waals surface area contributed by atoms with Crippen LogP contribution in [0.15, 0.2) is 162 Å². The van der Waals surface area contributed by atoms with Crippen LogP contribution in [0.4, 0.5) is 0 Å². The average molecular weight is 1490 g/mol. The fourth-order valence-electron chi connectivity index (χ4n) is 6.94. The van der Waals surface area contributed by atoms with Crippen LogP contribution in [0.2, 0.25) is 0 Å². The quantitative estimate of drug-likeness (QED) is 0.0263. The summed E-state index contributed by atoms with van der Waals surface area (Å²) in [4.78, 5) is 178. The third-order valence-electron chi connectivity index (χ3n) is 13.1. The van der Waals surface area contributed by atoms with E-state index in [-0.39, 0.29) is 149 Å². The second-order valence-corrected chi connectivity index (χ2v) is 24.5. The first-order valence-corrected chi connectivity index (χ1v) is 32.4. The van der Waals surface area contributed by atoms with Crippen LogP contribution >= 0.6 is 0 Å². The Balaban J connectivity index is -0.000000413. The van der Waals surface area contributed by atoms with Crippen molar-refractivity contribution in [3.8, 4) is 0 Å². The molecular weight excluding hydrogens is 1380 g/mol. The Morgan fingerprint density at radius 2 is 0.538 bits per heavy atom. The first-order valence-electron chi connectivity index (χ1n) is 32.4. The van der Waals surface area contributed by atoms with Gasteiger partial charge < -0.3 is 71.9 Å². The lowest BCUT2D eigenvalue weighted by Gasteiger charge is -2.29. The topological polar surface area (TPSA) is 365 Å². The molecule has 0 aliphatic heterocycles. The number of hydrogen-bond acceptors (Lipinski definition) is 25. The van der Waals surface area contributed by atoms with E-state index in [9.17, 15) is 71.9 Å². The summed E-state index contributed by atoms with van der Waals surface area (Å²) in [6, 6.07) is -1.97. The van der Waals surface area contributed by atoms with Gasteiger partial charge in [-0.15, -0.1) is 0 Å². The molecule has 0 fully saturated rings. The van der Waals surface area contributed by atoms with Crippen molar-refractivity contribution < 1.29 is 119 Å². The molecular formula is C76H111N5O25. The number of likely N-dealkylation sites (N-methyl/N-ethyl adjacent to an activating group) is 5. The standard InChI is InChI=1S/C23H33NO9.C15H21NO5.C13H17NO5.C13H21NO3.C12H19NO3/c1-7-19(25)24(6)18(14-32-20(26)10-8-12-30-22(28)16(2)3)15-33-21(27)11-9-13-31-23(29)17(4)5;1-7-13(17)16(6)12(8-20-14(18)10(2)3)9-21-15(19)11(4)5;1-5-11(15)14(4)10(8-18-12(16)6-2)9-19-13(17)7-3;1-7-11(15)14(6)8-13(4,5)9-17-12(16)10(2)3;1-6-10(14)13(5)8-12(3,4)9-16-11(15)7-2/h7,18H,1-2,4,8-15H2,3,5-6H3;7,12H,1-2,4,8-9H2,3,5-6H3;5-7,10H,1-3,8-9H2,4H3;7H,1-2,8-9H2,3-6H3;6-7H,1-2,8-9H2,3-5H3. The number of hydrogen-bond donors (Lipinski definition) is 0. The average Bonchev–Trinajstić information content (AvgIpc) is 0.914. The van der Waals surface area contributed by atoms with Gasteiger partial charge in [-0.25, -0.2) is 38.4 Å². The van der Waals surface area contributed by atoms with Crippen LogP contribution in [0.25, 0.3) is 0 Å². The van der Waals surface area contributed by atoms with Gasteiger partial charge in [-0.05, 0) is 77.8 Å². The van der Waals surface area contributed by atoms with Gasteiger partial charge in [-0.1, -0.05) is 113 Å². The monoisotopic (exact) mass is 1490 g/mol. The maximum Gasteiger partial charge on any atom is 0.333 e. The first-order chi connectivity index (χ1) is 49.2. The van der Waals surface area contributed by atoms with Gasteiger partial charge in [0.1, 0.15) is 39.6 Å². The van der Waals surface area contributed by atoms with E-state index in [1.807, 2.05) is 27.7 Å². The van der Waals surface area contributed by atoms with Crippen molar-refractivity contribution >= 4 is 89.2 Å². The van der Waals surface area contributed by atoms with Crippen LogP contribution < -0.4 is 0 Å². The number of esters is 10. The van der Waals surface area contributed by atoms with E-state index in [0.29, 0.717) is 18.7 Å². The molecule has 0 heterocycles. The summed E-state index contributed by atoms with van der Waals surface area (Å²) in [5.41, 5.74) is 0.771. The number of nitrogens with zero attached hydrogens (tertiary/aromatic N) is 5. The lowest BCUT2D eigenvalue weighted by Crippen LogP contribution is -2.43. The van der Waals surface area contributed by atoms with E-state index >= 15 is 0 Å². The molecule has 0 atom stereocenters. The molecule has 30 heteroatoms. The molecule has 0 bridgehead atoms. The second-order valence-electron chi connectivity index (χ2n) is 24.5. The Morgan fingerprint density at radius 3 is 0.792 bits per heavy atom. The number of rotatable bonds is 44. The van der Waals surface area contributed by atoms with E-state index in [2.05, 4.69) is 85.5 Å². The molecule has 106 heavy (non-hydrogen) atoms. The summed E-state index contributed by atoms with van der Waals surface area (Å²) in [5, 5.41) is 0. The molecule has 0 aromatic carbocycles. The zero-order chi connectivity index (χ0) is 83.2. The van der Waals surface area contributed by atoms with Gasteiger partial charge in [0.2, 0.25) is 29.5 Å². The van der Waals surface area contributed by atoms with Crippen molar-refractivity contribution in [2.45, 2.75) is 106 Å². The Hall–Kier alpha value is -11.3. The van der Waals surface area contributed by atoms with Gasteiger partial charge in [0.25, 0.3) is 0 Å². The van der Waals surface area contributed by atoms with Crippen molar-refractivity contribution in [2.24, 2.45) is 10.8 Å².